The van der Waals surface area contributed by atoms with E-state index in [4.69, 9.17) is 0 Å². The van der Waals surface area contributed by atoms with E-state index in [1.165, 1.54) is 23.1 Å². The number of piperidine rings is 1. The molecule has 102 valence electrons. The van der Waals surface area contributed by atoms with Crippen LogP contribution in [0, 0.1) is 12.3 Å². The predicted octanol–water partition coefficient (Wildman–Crippen LogP) is 2.80. The van der Waals surface area contributed by atoms with Gasteiger partial charge in [0.15, 0.2) is 0 Å². The molecular weight excluding hydrogens is 256 g/mol. The second-order valence-corrected chi connectivity index (χ2v) is 6.61. The van der Waals surface area contributed by atoms with Crippen molar-refractivity contribution in [2.75, 3.05) is 25.0 Å². The Labute approximate surface area is 117 Å². The van der Waals surface area contributed by atoms with Gasteiger partial charge in [-0.3, -0.25) is 0 Å². The predicted molar refractivity (Wildman–Crippen MR) is 80.9 cm³/mol. The van der Waals surface area contributed by atoms with Crippen molar-refractivity contribution in [3.8, 4) is 0 Å². The van der Waals surface area contributed by atoms with Gasteiger partial charge in [0.25, 0.3) is 0 Å². The molecule has 3 heterocycles. The van der Waals surface area contributed by atoms with Gasteiger partial charge in [-0.1, -0.05) is 6.92 Å². The van der Waals surface area contributed by atoms with E-state index in [2.05, 4.69) is 39.8 Å². The van der Waals surface area contributed by atoms with Crippen LogP contribution in [0.3, 0.4) is 0 Å². The van der Waals surface area contributed by atoms with Crippen molar-refractivity contribution in [3.05, 3.63) is 17.3 Å². The fourth-order valence-electron chi connectivity index (χ4n) is 2.60. The van der Waals surface area contributed by atoms with Gasteiger partial charge in [0.05, 0.1) is 10.2 Å². The highest BCUT2D eigenvalue weighted by molar-refractivity contribution is 7.18. The van der Waals surface area contributed by atoms with Gasteiger partial charge in [0, 0.05) is 6.54 Å². The zero-order valence-corrected chi connectivity index (χ0v) is 12.3. The molecule has 2 aromatic rings. The van der Waals surface area contributed by atoms with E-state index in [0.29, 0.717) is 5.41 Å². The molecule has 0 aliphatic carbocycles. The maximum atomic E-state index is 4.41. The van der Waals surface area contributed by atoms with Crippen LogP contribution in [0.5, 0.6) is 0 Å². The van der Waals surface area contributed by atoms with Crippen molar-refractivity contribution in [2.24, 2.45) is 5.41 Å². The Balaban J connectivity index is 1.78. The monoisotopic (exact) mass is 276 g/mol. The lowest BCUT2D eigenvalue weighted by Crippen LogP contribution is -2.39. The number of aromatic nitrogens is 2. The summed E-state index contributed by atoms with van der Waals surface area (Å²) in [6.07, 6.45) is 4.10. The smallest absolute Gasteiger partial charge is 0.147 e. The highest BCUT2D eigenvalue weighted by Gasteiger charge is 2.26. The number of nitrogens with one attached hydrogen (secondary N) is 2. The van der Waals surface area contributed by atoms with E-state index in [1.54, 1.807) is 17.7 Å². The summed E-state index contributed by atoms with van der Waals surface area (Å²) in [6, 6.07) is 0. The number of thiophene rings is 1. The summed E-state index contributed by atoms with van der Waals surface area (Å²) in [5.41, 5.74) is 2.69. The van der Waals surface area contributed by atoms with Gasteiger partial charge >= 0.3 is 0 Å². The third-order valence-electron chi connectivity index (χ3n) is 4.02. The number of anilines is 1. The molecule has 0 amide bonds. The minimum atomic E-state index is 0.370. The van der Waals surface area contributed by atoms with Crippen molar-refractivity contribution in [1.29, 1.82) is 0 Å². The Kier molecular flexibility index (Phi) is 3.41. The van der Waals surface area contributed by atoms with Crippen LogP contribution in [0.1, 0.15) is 25.3 Å². The van der Waals surface area contributed by atoms with Gasteiger partial charge < -0.3 is 10.6 Å². The second kappa shape index (κ2) is 5.06. The largest absolute Gasteiger partial charge is 0.368 e. The molecule has 0 bridgehead atoms. The molecule has 3 rings (SSSR count). The molecule has 2 aromatic heterocycles. The Morgan fingerprint density at radius 1 is 1.37 bits per heavy atom. The van der Waals surface area contributed by atoms with Crippen LogP contribution in [0.4, 0.5) is 5.82 Å². The molecule has 1 aliphatic rings. The second-order valence-electron chi connectivity index (χ2n) is 5.73. The lowest BCUT2D eigenvalue weighted by atomic mass is 9.81. The molecule has 4 nitrogen and oxygen atoms in total. The van der Waals surface area contributed by atoms with Crippen molar-refractivity contribution in [3.63, 3.8) is 0 Å². The summed E-state index contributed by atoms with van der Waals surface area (Å²) in [5, 5.41) is 9.11. The first-order valence-electron chi connectivity index (χ1n) is 6.81. The van der Waals surface area contributed by atoms with Crippen LogP contribution in [-0.4, -0.2) is 29.6 Å². The van der Waals surface area contributed by atoms with E-state index in [9.17, 15) is 0 Å². The minimum Gasteiger partial charge on any atom is -0.368 e. The van der Waals surface area contributed by atoms with E-state index in [-0.39, 0.29) is 0 Å². The van der Waals surface area contributed by atoms with Gasteiger partial charge in [0.1, 0.15) is 12.1 Å². The standard InChI is InChI=1S/C14H20N4S/c1-10-7-19-12-11(10)17-9-18-13(12)16-8-14(2)3-5-15-6-4-14/h7,9,15H,3-6,8H2,1-2H3,(H,16,17,18). The lowest BCUT2D eigenvalue weighted by molar-refractivity contribution is 0.247. The molecule has 0 saturated carbocycles. The zero-order chi connectivity index (χ0) is 13.3. The van der Waals surface area contributed by atoms with Gasteiger partial charge in [-0.15, -0.1) is 11.3 Å². The van der Waals surface area contributed by atoms with Crippen molar-refractivity contribution in [2.45, 2.75) is 26.7 Å². The van der Waals surface area contributed by atoms with Crippen LogP contribution in [0.15, 0.2) is 11.7 Å². The maximum Gasteiger partial charge on any atom is 0.147 e. The average Bonchev–Trinajstić information content (AvgIpc) is 2.80. The van der Waals surface area contributed by atoms with Crippen molar-refractivity contribution >= 4 is 27.4 Å². The van der Waals surface area contributed by atoms with E-state index in [0.717, 1.165) is 31.0 Å². The summed E-state index contributed by atoms with van der Waals surface area (Å²) in [4.78, 5) is 8.77. The quantitative estimate of drug-likeness (QED) is 0.905. The highest BCUT2D eigenvalue weighted by Crippen LogP contribution is 2.31. The SMILES string of the molecule is Cc1csc2c(NCC3(C)CCNCC3)ncnc12. The molecule has 0 radical (unpaired) electrons. The highest BCUT2D eigenvalue weighted by atomic mass is 32.1. The van der Waals surface area contributed by atoms with Gasteiger partial charge in [-0.05, 0) is 49.2 Å². The molecule has 1 aliphatic heterocycles. The van der Waals surface area contributed by atoms with Crippen molar-refractivity contribution < 1.29 is 0 Å². The Bertz CT molecular complexity index is 572. The van der Waals surface area contributed by atoms with Crippen LogP contribution in [-0.2, 0) is 0 Å². The van der Waals surface area contributed by atoms with Crippen molar-refractivity contribution in [1.82, 2.24) is 15.3 Å². The number of hydrogen-bond acceptors (Lipinski definition) is 5. The van der Waals surface area contributed by atoms with E-state index in [1.807, 2.05) is 0 Å². The molecule has 5 heteroatoms. The van der Waals surface area contributed by atoms with Gasteiger partial charge in [0.2, 0.25) is 0 Å². The third kappa shape index (κ3) is 2.58. The summed E-state index contributed by atoms with van der Waals surface area (Å²) in [7, 11) is 0. The molecule has 0 spiro atoms. The van der Waals surface area contributed by atoms with Gasteiger partial charge in [-0.25, -0.2) is 9.97 Å². The number of hydrogen-bond donors (Lipinski definition) is 2. The lowest BCUT2D eigenvalue weighted by Gasteiger charge is -2.34. The first-order chi connectivity index (χ1) is 9.18. The Morgan fingerprint density at radius 3 is 2.95 bits per heavy atom. The van der Waals surface area contributed by atoms with E-state index < -0.39 is 0 Å². The van der Waals surface area contributed by atoms with Crippen LogP contribution in [0.2, 0.25) is 0 Å². The molecular formula is C14H20N4S. The molecule has 1 fully saturated rings. The maximum absolute atomic E-state index is 4.41. The summed E-state index contributed by atoms with van der Waals surface area (Å²) in [6.45, 7) is 7.69. The molecule has 0 atom stereocenters. The fraction of sp³-hybridized carbons (Fsp3) is 0.571. The van der Waals surface area contributed by atoms with Crippen LogP contribution in [0.25, 0.3) is 10.2 Å². The first kappa shape index (κ1) is 12.8. The molecule has 19 heavy (non-hydrogen) atoms. The first-order valence-corrected chi connectivity index (χ1v) is 7.69. The summed E-state index contributed by atoms with van der Waals surface area (Å²) < 4.78 is 1.18. The zero-order valence-electron chi connectivity index (χ0n) is 11.5. The number of nitrogens with zero attached hydrogens (tertiary/aromatic N) is 2. The summed E-state index contributed by atoms with van der Waals surface area (Å²) in [5.74, 6) is 0.989. The van der Waals surface area contributed by atoms with Gasteiger partial charge in [-0.2, -0.15) is 0 Å². The Morgan fingerprint density at radius 2 is 2.16 bits per heavy atom. The summed E-state index contributed by atoms with van der Waals surface area (Å²) >= 11 is 1.73. The van der Waals surface area contributed by atoms with E-state index >= 15 is 0 Å². The molecule has 0 unspecified atom stereocenters. The molecule has 2 N–H and O–H groups in total. The average molecular weight is 276 g/mol. The fourth-order valence-corrected chi connectivity index (χ4v) is 3.57. The Hall–Kier alpha value is -1.20. The number of fused-ring (bicyclic) bond motifs is 1. The topological polar surface area (TPSA) is 49.8 Å². The number of aryl methyl sites for hydroxylation is 1. The van der Waals surface area contributed by atoms with Crippen LogP contribution < -0.4 is 10.6 Å². The number of rotatable bonds is 3. The minimum absolute atomic E-state index is 0.370. The molecule has 1 saturated heterocycles. The normalized spacial score (nSPS) is 18.6. The third-order valence-corrected chi connectivity index (χ3v) is 5.12. The molecule has 0 aromatic carbocycles. The van der Waals surface area contributed by atoms with Crippen LogP contribution >= 0.6 is 11.3 Å².